The largest absolute Gasteiger partial charge is 0.284 e. The SMILES string of the molecule is CS(=O)(=O)CCS(=O)(=O)Nc1ccc(C#N)cc1. The van der Waals surface area contributed by atoms with E-state index in [9.17, 15) is 16.8 Å². The van der Waals surface area contributed by atoms with E-state index < -0.39 is 31.4 Å². The van der Waals surface area contributed by atoms with E-state index in [0.717, 1.165) is 6.26 Å². The van der Waals surface area contributed by atoms with Gasteiger partial charge in [-0.2, -0.15) is 5.26 Å². The molecule has 6 nitrogen and oxygen atoms in total. The molecule has 1 rings (SSSR count). The van der Waals surface area contributed by atoms with Gasteiger partial charge in [0.2, 0.25) is 10.0 Å². The molecule has 0 spiro atoms. The minimum Gasteiger partial charge on any atom is -0.284 e. The summed E-state index contributed by atoms with van der Waals surface area (Å²) in [6.07, 6.45) is 0.976. The summed E-state index contributed by atoms with van der Waals surface area (Å²) in [5.41, 5.74) is 0.705. The molecule has 0 fully saturated rings. The number of sulfone groups is 1. The molecule has 0 aromatic heterocycles. The smallest absolute Gasteiger partial charge is 0.233 e. The Balaban J connectivity index is 2.74. The predicted molar refractivity (Wildman–Crippen MR) is 68.3 cm³/mol. The van der Waals surface area contributed by atoms with Crippen molar-refractivity contribution < 1.29 is 16.8 Å². The predicted octanol–water partition coefficient (Wildman–Crippen LogP) is 0.345. The lowest BCUT2D eigenvalue weighted by Crippen LogP contribution is -2.22. The zero-order valence-corrected chi connectivity index (χ0v) is 11.3. The number of anilines is 1. The fourth-order valence-corrected chi connectivity index (χ4v) is 3.79. The van der Waals surface area contributed by atoms with Crippen molar-refractivity contribution in [2.75, 3.05) is 22.5 Å². The third kappa shape index (κ3) is 5.16. The van der Waals surface area contributed by atoms with E-state index in [-0.39, 0.29) is 0 Å². The maximum absolute atomic E-state index is 11.6. The first-order valence-corrected chi connectivity index (χ1v) is 8.61. The highest BCUT2D eigenvalue weighted by Gasteiger charge is 2.14. The fourth-order valence-electron chi connectivity index (χ4n) is 1.10. The Kier molecular flexibility index (Phi) is 4.32. The standard InChI is InChI=1S/C10H12N2O4S2/c1-17(13,14)6-7-18(15,16)12-10-4-2-9(8-11)3-5-10/h2-5,12H,6-7H2,1H3. The first-order valence-electron chi connectivity index (χ1n) is 4.90. The lowest BCUT2D eigenvalue weighted by Gasteiger charge is -2.07. The average molecular weight is 288 g/mol. The van der Waals surface area contributed by atoms with Crippen molar-refractivity contribution in [2.45, 2.75) is 0 Å². The Hall–Kier alpha value is -1.59. The lowest BCUT2D eigenvalue weighted by molar-refractivity contribution is 0.593. The molecule has 98 valence electrons. The van der Waals surface area contributed by atoms with Gasteiger partial charge in [0, 0.05) is 11.9 Å². The van der Waals surface area contributed by atoms with Gasteiger partial charge in [0.25, 0.3) is 0 Å². The third-order valence-electron chi connectivity index (χ3n) is 2.01. The first-order chi connectivity index (χ1) is 8.22. The van der Waals surface area contributed by atoms with E-state index in [1.165, 1.54) is 24.3 Å². The monoisotopic (exact) mass is 288 g/mol. The molecule has 0 saturated carbocycles. The molecule has 0 aliphatic rings. The van der Waals surface area contributed by atoms with Gasteiger partial charge < -0.3 is 0 Å². The van der Waals surface area contributed by atoms with Crippen molar-refractivity contribution in [1.82, 2.24) is 0 Å². The molecule has 0 atom stereocenters. The van der Waals surface area contributed by atoms with Crippen LogP contribution in [-0.2, 0) is 19.9 Å². The summed E-state index contributed by atoms with van der Waals surface area (Å²) in [6, 6.07) is 7.72. The number of hydrogen-bond donors (Lipinski definition) is 1. The van der Waals surface area contributed by atoms with E-state index in [0.29, 0.717) is 11.3 Å². The van der Waals surface area contributed by atoms with Crippen molar-refractivity contribution in [2.24, 2.45) is 0 Å². The topological polar surface area (TPSA) is 104 Å². The van der Waals surface area contributed by atoms with E-state index in [2.05, 4.69) is 4.72 Å². The number of nitrogens with zero attached hydrogens (tertiary/aromatic N) is 1. The Morgan fingerprint density at radius 2 is 1.67 bits per heavy atom. The Bertz CT molecular complexity index is 655. The molecular weight excluding hydrogens is 276 g/mol. The number of sulfonamides is 1. The molecule has 0 unspecified atom stereocenters. The van der Waals surface area contributed by atoms with Crippen LogP contribution >= 0.6 is 0 Å². The van der Waals surface area contributed by atoms with Gasteiger partial charge in [-0.1, -0.05) is 0 Å². The summed E-state index contributed by atoms with van der Waals surface area (Å²) < 4.78 is 47.1. The van der Waals surface area contributed by atoms with Gasteiger partial charge in [-0.05, 0) is 24.3 Å². The number of nitriles is 1. The van der Waals surface area contributed by atoms with Gasteiger partial charge in [0.1, 0.15) is 9.84 Å². The number of hydrogen-bond acceptors (Lipinski definition) is 5. The van der Waals surface area contributed by atoms with Crippen LogP contribution in [0.25, 0.3) is 0 Å². The van der Waals surface area contributed by atoms with E-state index >= 15 is 0 Å². The highest BCUT2D eigenvalue weighted by molar-refractivity contribution is 7.95. The quantitative estimate of drug-likeness (QED) is 0.841. The summed E-state index contributed by atoms with van der Waals surface area (Å²) in [6.45, 7) is 0. The molecule has 8 heteroatoms. The average Bonchev–Trinajstić information content (AvgIpc) is 2.26. The Morgan fingerprint density at radius 1 is 1.11 bits per heavy atom. The molecule has 1 aromatic rings. The van der Waals surface area contributed by atoms with Crippen LogP contribution in [0, 0.1) is 11.3 Å². The van der Waals surface area contributed by atoms with Crippen LogP contribution < -0.4 is 4.72 Å². The summed E-state index contributed by atoms with van der Waals surface area (Å²) in [4.78, 5) is 0. The molecule has 18 heavy (non-hydrogen) atoms. The van der Waals surface area contributed by atoms with Gasteiger partial charge in [0.05, 0.1) is 23.1 Å². The molecule has 0 bridgehead atoms. The van der Waals surface area contributed by atoms with Gasteiger partial charge in [0.15, 0.2) is 0 Å². The van der Waals surface area contributed by atoms with Gasteiger partial charge in [-0.3, -0.25) is 4.72 Å². The molecule has 0 aliphatic heterocycles. The third-order valence-corrected chi connectivity index (χ3v) is 4.50. The summed E-state index contributed by atoms with van der Waals surface area (Å²) in [5.74, 6) is -0.926. The van der Waals surface area contributed by atoms with E-state index in [1.807, 2.05) is 6.07 Å². The Morgan fingerprint density at radius 3 is 2.11 bits per heavy atom. The van der Waals surface area contributed by atoms with Crippen molar-refractivity contribution in [1.29, 1.82) is 5.26 Å². The summed E-state index contributed by atoms with van der Waals surface area (Å²) in [7, 11) is -7.02. The van der Waals surface area contributed by atoms with Crippen LogP contribution in [0.4, 0.5) is 5.69 Å². The molecule has 1 N–H and O–H groups in total. The highest BCUT2D eigenvalue weighted by atomic mass is 32.2. The van der Waals surface area contributed by atoms with Crippen LogP contribution in [0.15, 0.2) is 24.3 Å². The summed E-state index contributed by atoms with van der Waals surface area (Å²) >= 11 is 0. The molecule has 0 aliphatic carbocycles. The number of nitrogens with one attached hydrogen (secondary N) is 1. The minimum atomic E-state index is -3.70. The number of rotatable bonds is 5. The second kappa shape index (κ2) is 5.37. The maximum Gasteiger partial charge on any atom is 0.233 e. The molecule has 0 saturated heterocycles. The van der Waals surface area contributed by atoms with E-state index in [4.69, 9.17) is 5.26 Å². The molecular formula is C10H12N2O4S2. The molecule has 0 radical (unpaired) electrons. The lowest BCUT2D eigenvalue weighted by atomic mass is 10.2. The number of benzene rings is 1. The zero-order valence-electron chi connectivity index (χ0n) is 9.62. The molecule has 0 amide bonds. The molecule has 0 heterocycles. The first kappa shape index (κ1) is 14.5. The second-order valence-corrected chi connectivity index (χ2v) is 7.84. The minimum absolute atomic E-state index is 0.294. The fraction of sp³-hybridized carbons (Fsp3) is 0.300. The van der Waals surface area contributed by atoms with E-state index in [1.54, 1.807) is 0 Å². The van der Waals surface area contributed by atoms with Crippen LogP contribution in [0.3, 0.4) is 0 Å². The van der Waals surface area contributed by atoms with Crippen LogP contribution in [0.5, 0.6) is 0 Å². The summed E-state index contributed by atoms with van der Waals surface area (Å²) in [5, 5.41) is 8.58. The molecule has 1 aromatic carbocycles. The van der Waals surface area contributed by atoms with Crippen molar-refractivity contribution in [3.05, 3.63) is 29.8 Å². The zero-order chi connectivity index (χ0) is 13.8. The van der Waals surface area contributed by atoms with Crippen LogP contribution in [0.1, 0.15) is 5.56 Å². The highest BCUT2D eigenvalue weighted by Crippen LogP contribution is 2.11. The van der Waals surface area contributed by atoms with Crippen molar-refractivity contribution >= 4 is 25.5 Å². The van der Waals surface area contributed by atoms with Crippen LogP contribution in [0.2, 0.25) is 0 Å². The van der Waals surface area contributed by atoms with Crippen molar-refractivity contribution in [3.63, 3.8) is 0 Å². The normalized spacial score (nSPS) is 11.8. The Labute approximate surface area is 106 Å². The van der Waals surface area contributed by atoms with Crippen molar-refractivity contribution in [3.8, 4) is 6.07 Å². The second-order valence-electron chi connectivity index (χ2n) is 3.74. The maximum atomic E-state index is 11.6. The van der Waals surface area contributed by atoms with Gasteiger partial charge in [-0.25, -0.2) is 16.8 Å². The van der Waals surface area contributed by atoms with Gasteiger partial charge in [-0.15, -0.1) is 0 Å². The van der Waals surface area contributed by atoms with Gasteiger partial charge >= 0.3 is 0 Å². The van der Waals surface area contributed by atoms with Crippen LogP contribution in [-0.4, -0.2) is 34.6 Å².